The van der Waals surface area contributed by atoms with Gasteiger partial charge in [-0.2, -0.15) is 0 Å². The summed E-state index contributed by atoms with van der Waals surface area (Å²) >= 11 is 0. The molecule has 0 aliphatic carbocycles. The van der Waals surface area contributed by atoms with Gasteiger partial charge in [0.25, 0.3) is 0 Å². The second kappa shape index (κ2) is 6.34. The summed E-state index contributed by atoms with van der Waals surface area (Å²) in [7, 11) is 1.73. The van der Waals surface area contributed by atoms with Gasteiger partial charge in [0.2, 0.25) is 11.8 Å². The Morgan fingerprint density at radius 3 is 2.67 bits per heavy atom. The van der Waals surface area contributed by atoms with E-state index in [1.54, 1.807) is 11.9 Å². The molecule has 6 heteroatoms. The first-order chi connectivity index (χ1) is 11.4. The lowest BCUT2D eigenvalue weighted by atomic mass is 9.84. The zero-order valence-electron chi connectivity index (χ0n) is 14.4. The Hall–Kier alpha value is -2.24. The molecule has 1 saturated heterocycles. The van der Waals surface area contributed by atoms with Crippen LogP contribution in [0.5, 0.6) is 11.5 Å². The monoisotopic (exact) mass is 332 g/mol. The maximum atomic E-state index is 12.3. The van der Waals surface area contributed by atoms with Crippen molar-refractivity contribution >= 4 is 11.8 Å². The molecular formula is C18H24N2O4. The zero-order chi connectivity index (χ0) is 17.3. The SMILES string of the molecule is CN1C[C@@H](C(=O)NCC(C)(C)c2ccc3c(c2)OCCO3)CC1=O. The third-order valence-corrected chi connectivity index (χ3v) is 4.74. The van der Waals surface area contributed by atoms with Gasteiger partial charge in [0, 0.05) is 32.0 Å². The van der Waals surface area contributed by atoms with Crippen LogP contribution in [0.4, 0.5) is 0 Å². The van der Waals surface area contributed by atoms with Gasteiger partial charge in [0.1, 0.15) is 13.2 Å². The summed E-state index contributed by atoms with van der Waals surface area (Å²) in [6.45, 7) is 6.27. The highest BCUT2D eigenvalue weighted by Crippen LogP contribution is 2.35. The fraction of sp³-hybridized carbons (Fsp3) is 0.556. The quantitative estimate of drug-likeness (QED) is 0.903. The first-order valence-corrected chi connectivity index (χ1v) is 8.28. The zero-order valence-corrected chi connectivity index (χ0v) is 14.4. The number of hydrogen-bond acceptors (Lipinski definition) is 4. The van der Waals surface area contributed by atoms with Gasteiger partial charge < -0.3 is 19.7 Å². The minimum Gasteiger partial charge on any atom is -0.486 e. The molecule has 1 N–H and O–H groups in total. The lowest BCUT2D eigenvalue weighted by Gasteiger charge is -2.28. The van der Waals surface area contributed by atoms with Gasteiger partial charge in [-0.15, -0.1) is 0 Å². The summed E-state index contributed by atoms with van der Waals surface area (Å²) in [5.41, 5.74) is 0.826. The second-order valence-electron chi connectivity index (χ2n) is 7.14. The molecule has 0 saturated carbocycles. The van der Waals surface area contributed by atoms with Crippen LogP contribution in [0.3, 0.4) is 0 Å². The Labute approximate surface area is 142 Å². The van der Waals surface area contributed by atoms with E-state index < -0.39 is 0 Å². The van der Waals surface area contributed by atoms with E-state index in [-0.39, 0.29) is 23.1 Å². The largest absolute Gasteiger partial charge is 0.486 e. The van der Waals surface area contributed by atoms with Gasteiger partial charge in [-0.25, -0.2) is 0 Å². The predicted octanol–water partition coefficient (Wildman–Crippen LogP) is 1.33. The van der Waals surface area contributed by atoms with Crippen LogP contribution in [0.2, 0.25) is 0 Å². The fourth-order valence-electron chi connectivity index (χ4n) is 3.06. The minimum atomic E-state index is -0.251. The van der Waals surface area contributed by atoms with Crippen molar-refractivity contribution in [3.8, 4) is 11.5 Å². The van der Waals surface area contributed by atoms with Crippen LogP contribution in [-0.4, -0.2) is 50.1 Å². The molecule has 1 atom stereocenters. The van der Waals surface area contributed by atoms with Crippen LogP contribution in [-0.2, 0) is 15.0 Å². The van der Waals surface area contributed by atoms with E-state index in [9.17, 15) is 9.59 Å². The van der Waals surface area contributed by atoms with Crippen molar-refractivity contribution in [1.29, 1.82) is 0 Å². The smallest absolute Gasteiger partial charge is 0.225 e. The Morgan fingerprint density at radius 1 is 1.29 bits per heavy atom. The molecule has 0 bridgehead atoms. The lowest BCUT2D eigenvalue weighted by Crippen LogP contribution is -2.40. The molecule has 0 aromatic heterocycles. The van der Waals surface area contributed by atoms with Crippen molar-refractivity contribution in [3.05, 3.63) is 23.8 Å². The highest BCUT2D eigenvalue weighted by atomic mass is 16.6. The number of hydrogen-bond donors (Lipinski definition) is 1. The lowest BCUT2D eigenvalue weighted by molar-refractivity contribution is -0.128. The standard InChI is InChI=1S/C18H24N2O4/c1-18(2,11-19-17(22)12-8-16(21)20(3)10-12)13-4-5-14-15(9-13)24-7-6-23-14/h4-5,9,12H,6-8,10-11H2,1-3H3,(H,19,22)/t12-/m0/s1. The number of carbonyl (C=O) groups excluding carboxylic acids is 2. The van der Waals surface area contributed by atoms with Crippen molar-refractivity contribution in [3.63, 3.8) is 0 Å². The van der Waals surface area contributed by atoms with Crippen LogP contribution in [0.1, 0.15) is 25.8 Å². The van der Waals surface area contributed by atoms with Gasteiger partial charge in [0.05, 0.1) is 5.92 Å². The highest BCUT2D eigenvalue weighted by molar-refractivity contribution is 5.89. The van der Waals surface area contributed by atoms with Gasteiger partial charge in [-0.05, 0) is 17.7 Å². The Kier molecular flexibility index (Phi) is 4.39. The summed E-state index contributed by atoms with van der Waals surface area (Å²) < 4.78 is 11.2. The van der Waals surface area contributed by atoms with Gasteiger partial charge in [-0.1, -0.05) is 19.9 Å². The third-order valence-electron chi connectivity index (χ3n) is 4.74. The Morgan fingerprint density at radius 2 is 2.00 bits per heavy atom. The van der Waals surface area contributed by atoms with Crippen molar-refractivity contribution < 1.29 is 19.1 Å². The number of nitrogens with zero attached hydrogens (tertiary/aromatic N) is 1. The first kappa shape index (κ1) is 16.6. The maximum Gasteiger partial charge on any atom is 0.225 e. The molecule has 0 spiro atoms. The van der Waals surface area contributed by atoms with Crippen LogP contribution >= 0.6 is 0 Å². The summed E-state index contributed by atoms with van der Waals surface area (Å²) in [5.74, 6) is 1.23. The number of carbonyl (C=O) groups is 2. The van der Waals surface area contributed by atoms with Gasteiger partial charge in [0.15, 0.2) is 11.5 Å². The molecular weight excluding hydrogens is 308 g/mol. The topological polar surface area (TPSA) is 67.9 Å². The fourth-order valence-corrected chi connectivity index (χ4v) is 3.06. The molecule has 2 heterocycles. The summed E-state index contributed by atoms with van der Waals surface area (Å²) in [5, 5.41) is 2.99. The number of likely N-dealkylation sites (tertiary alicyclic amines) is 1. The number of benzene rings is 1. The van der Waals surface area contributed by atoms with E-state index in [1.807, 2.05) is 18.2 Å². The number of amides is 2. The number of ether oxygens (including phenoxy) is 2. The molecule has 2 aliphatic heterocycles. The van der Waals surface area contributed by atoms with E-state index in [1.165, 1.54) is 0 Å². The van der Waals surface area contributed by atoms with E-state index in [4.69, 9.17) is 9.47 Å². The molecule has 2 aliphatic rings. The van der Waals surface area contributed by atoms with Crippen molar-refractivity contribution in [2.45, 2.75) is 25.7 Å². The van der Waals surface area contributed by atoms with Crippen LogP contribution in [0, 0.1) is 5.92 Å². The van der Waals surface area contributed by atoms with Gasteiger partial charge in [-0.3, -0.25) is 9.59 Å². The Balaban J connectivity index is 1.63. The van der Waals surface area contributed by atoms with Crippen LogP contribution in [0.25, 0.3) is 0 Å². The molecule has 6 nitrogen and oxygen atoms in total. The second-order valence-corrected chi connectivity index (χ2v) is 7.14. The molecule has 3 rings (SSSR count). The number of fused-ring (bicyclic) bond motifs is 1. The number of rotatable bonds is 4. The summed E-state index contributed by atoms with van der Waals surface area (Å²) in [4.78, 5) is 25.5. The minimum absolute atomic E-state index is 0.0289. The summed E-state index contributed by atoms with van der Waals surface area (Å²) in [6.07, 6.45) is 0.298. The molecule has 0 radical (unpaired) electrons. The van der Waals surface area contributed by atoms with Crippen LogP contribution in [0.15, 0.2) is 18.2 Å². The van der Waals surface area contributed by atoms with Crippen LogP contribution < -0.4 is 14.8 Å². The average Bonchev–Trinajstić information content (AvgIpc) is 2.91. The molecule has 1 aromatic carbocycles. The average molecular weight is 332 g/mol. The van der Waals surface area contributed by atoms with E-state index in [2.05, 4.69) is 19.2 Å². The Bertz CT molecular complexity index is 656. The van der Waals surface area contributed by atoms with Crippen molar-refractivity contribution in [2.24, 2.45) is 5.92 Å². The molecule has 1 fully saturated rings. The van der Waals surface area contributed by atoms with Crippen molar-refractivity contribution in [1.82, 2.24) is 10.2 Å². The van der Waals surface area contributed by atoms with E-state index in [0.29, 0.717) is 32.7 Å². The third kappa shape index (κ3) is 3.32. The maximum absolute atomic E-state index is 12.3. The molecule has 24 heavy (non-hydrogen) atoms. The van der Waals surface area contributed by atoms with Crippen molar-refractivity contribution in [2.75, 3.05) is 33.4 Å². The molecule has 1 aromatic rings. The normalized spacial score (nSPS) is 20.2. The molecule has 130 valence electrons. The predicted molar refractivity (Wildman–Crippen MR) is 89.2 cm³/mol. The number of nitrogens with one attached hydrogen (secondary N) is 1. The van der Waals surface area contributed by atoms with E-state index in [0.717, 1.165) is 17.1 Å². The molecule has 0 unspecified atom stereocenters. The van der Waals surface area contributed by atoms with Gasteiger partial charge >= 0.3 is 0 Å². The highest BCUT2D eigenvalue weighted by Gasteiger charge is 2.33. The first-order valence-electron chi connectivity index (χ1n) is 8.28. The van der Waals surface area contributed by atoms with E-state index >= 15 is 0 Å². The molecule has 2 amide bonds. The summed E-state index contributed by atoms with van der Waals surface area (Å²) in [6, 6.07) is 5.90.